The van der Waals surface area contributed by atoms with Gasteiger partial charge in [0.25, 0.3) is 0 Å². The van der Waals surface area contributed by atoms with E-state index in [0.29, 0.717) is 24.5 Å². The van der Waals surface area contributed by atoms with Crippen molar-refractivity contribution in [2.24, 2.45) is 0 Å². The summed E-state index contributed by atoms with van der Waals surface area (Å²) in [5.74, 6) is 1.09. The maximum atomic E-state index is 13.0. The molecule has 0 atom stereocenters. The summed E-state index contributed by atoms with van der Waals surface area (Å²) < 4.78 is 24.2. The lowest BCUT2D eigenvalue weighted by molar-refractivity contribution is 0.0377. The zero-order chi connectivity index (χ0) is 24.4. The first-order valence-corrected chi connectivity index (χ1v) is 11.4. The first-order valence-electron chi connectivity index (χ1n) is 11.4. The van der Waals surface area contributed by atoms with Crippen molar-refractivity contribution in [1.82, 2.24) is 9.30 Å². The fourth-order valence-corrected chi connectivity index (χ4v) is 4.36. The van der Waals surface area contributed by atoms with E-state index in [1.54, 1.807) is 14.2 Å². The number of esters is 1. The van der Waals surface area contributed by atoms with Crippen LogP contribution < -0.4 is 9.47 Å². The summed E-state index contributed by atoms with van der Waals surface area (Å²) in [4.78, 5) is 15.2. The number of methoxy groups -OCH3 is 2. The third-order valence-electron chi connectivity index (χ3n) is 6.09. The fourth-order valence-electron chi connectivity index (χ4n) is 4.36. The van der Waals surface area contributed by atoms with Crippen LogP contribution in [0.5, 0.6) is 11.5 Å². The van der Waals surface area contributed by atoms with E-state index in [0.717, 1.165) is 52.4 Å². The molecule has 4 rings (SSSR count). The summed E-state index contributed by atoms with van der Waals surface area (Å²) in [6.07, 6.45) is 1.85. The van der Waals surface area contributed by atoms with Gasteiger partial charge in [-0.2, -0.15) is 0 Å². The molecule has 0 unspecified atom stereocenters. The molecule has 0 saturated carbocycles. The summed E-state index contributed by atoms with van der Waals surface area (Å²) in [5.41, 5.74) is 5.87. The SMILES string of the molecule is C=C(c1c(C)c(C(=O)OC(C)C)cc2cc(-c3ccc(OC)cc3OC)cn12)N1CCOCC1. The van der Waals surface area contributed by atoms with E-state index < -0.39 is 0 Å². The number of morpholine rings is 1. The van der Waals surface area contributed by atoms with Gasteiger partial charge < -0.3 is 28.2 Å². The second kappa shape index (κ2) is 9.81. The molecule has 3 aromatic rings. The van der Waals surface area contributed by atoms with E-state index in [-0.39, 0.29) is 12.1 Å². The zero-order valence-corrected chi connectivity index (χ0v) is 20.5. The highest BCUT2D eigenvalue weighted by Crippen LogP contribution is 2.36. The molecule has 1 aliphatic rings. The van der Waals surface area contributed by atoms with Crippen molar-refractivity contribution in [3.63, 3.8) is 0 Å². The van der Waals surface area contributed by atoms with E-state index in [1.807, 2.05) is 51.1 Å². The Morgan fingerprint density at radius 2 is 1.82 bits per heavy atom. The van der Waals surface area contributed by atoms with Gasteiger partial charge in [-0.3, -0.25) is 0 Å². The summed E-state index contributed by atoms with van der Waals surface area (Å²) in [7, 11) is 3.27. The van der Waals surface area contributed by atoms with Crippen molar-refractivity contribution in [3.05, 3.63) is 59.9 Å². The Balaban J connectivity index is 1.90. The molecule has 7 heteroatoms. The lowest BCUT2D eigenvalue weighted by Crippen LogP contribution is -2.35. The van der Waals surface area contributed by atoms with Crippen molar-refractivity contribution in [1.29, 1.82) is 0 Å². The summed E-state index contributed by atoms with van der Waals surface area (Å²) in [6.45, 7) is 12.9. The van der Waals surface area contributed by atoms with Gasteiger partial charge in [-0.1, -0.05) is 6.58 Å². The van der Waals surface area contributed by atoms with Gasteiger partial charge in [0.2, 0.25) is 0 Å². The monoisotopic (exact) mass is 464 g/mol. The number of aromatic nitrogens is 1. The minimum Gasteiger partial charge on any atom is -0.497 e. The Hall–Kier alpha value is -3.45. The molecule has 1 fully saturated rings. The molecule has 7 nitrogen and oxygen atoms in total. The predicted molar refractivity (Wildman–Crippen MR) is 133 cm³/mol. The topological polar surface area (TPSA) is 61.6 Å². The minimum atomic E-state index is -0.337. The van der Waals surface area contributed by atoms with Crippen LogP contribution in [0.2, 0.25) is 0 Å². The number of benzene rings is 1. The van der Waals surface area contributed by atoms with Gasteiger partial charge in [-0.25, -0.2) is 4.79 Å². The number of carbonyl (C=O) groups excluding carboxylic acids is 1. The van der Waals surface area contributed by atoms with Crippen LogP contribution in [-0.2, 0) is 9.47 Å². The Morgan fingerprint density at radius 1 is 1.09 bits per heavy atom. The second-order valence-corrected chi connectivity index (χ2v) is 8.62. The van der Waals surface area contributed by atoms with Gasteiger partial charge in [0.15, 0.2) is 0 Å². The van der Waals surface area contributed by atoms with Crippen molar-refractivity contribution in [2.45, 2.75) is 26.9 Å². The first kappa shape index (κ1) is 23.7. The molecule has 3 heterocycles. The van der Waals surface area contributed by atoms with Gasteiger partial charge in [0.1, 0.15) is 11.5 Å². The van der Waals surface area contributed by atoms with Crippen molar-refractivity contribution in [2.75, 3.05) is 40.5 Å². The maximum Gasteiger partial charge on any atom is 0.338 e. The number of fused-ring (bicyclic) bond motifs is 1. The number of nitrogens with zero attached hydrogens (tertiary/aromatic N) is 2. The van der Waals surface area contributed by atoms with Crippen LogP contribution in [-0.4, -0.2) is 61.9 Å². The summed E-state index contributed by atoms with van der Waals surface area (Å²) in [5, 5.41) is 0. The fraction of sp³-hybridized carbons (Fsp3) is 0.370. The molecule has 1 saturated heterocycles. The molecular formula is C27H32N2O5. The average molecular weight is 465 g/mol. The van der Waals surface area contributed by atoms with Gasteiger partial charge in [0.05, 0.1) is 50.5 Å². The predicted octanol–water partition coefficient (Wildman–Crippen LogP) is 4.80. The number of pyridine rings is 1. The largest absolute Gasteiger partial charge is 0.497 e. The van der Waals surface area contributed by atoms with Crippen molar-refractivity contribution in [3.8, 4) is 22.6 Å². The van der Waals surface area contributed by atoms with Gasteiger partial charge in [-0.05, 0) is 50.6 Å². The standard InChI is InChI=1S/C27H32N2O5/c1-17(2)34-27(30)24-14-21-13-20(23-8-7-22(31-5)15-25(23)32-6)16-29(21)26(18(24)3)19(4)28-9-11-33-12-10-28/h7-8,13-17H,4,9-12H2,1-3,5-6H3. The van der Waals surface area contributed by atoms with E-state index in [2.05, 4.69) is 22.1 Å². The molecule has 2 aromatic heterocycles. The highest BCUT2D eigenvalue weighted by atomic mass is 16.5. The van der Waals surface area contributed by atoms with Crippen molar-refractivity contribution < 1.29 is 23.7 Å². The van der Waals surface area contributed by atoms with E-state index in [4.69, 9.17) is 18.9 Å². The zero-order valence-electron chi connectivity index (χ0n) is 20.5. The Labute approximate surface area is 200 Å². The number of rotatable bonds is 7. The summed E-state index contributed by atoms with van der Waals surface area (Å²) in [6, 6.07) is 9.68. The molecule has 0 radical (unpaired) electrons. The van der Waals surface area contributed by atoms with Crippen LogP contribution in [0.4, 0.5) is 0 Å². The third kappa shape index (κ3) is 4.48. The van der Waals surface area contributed by atoms with E-state index in [9.17, 15) is 4.79 Å². The van der Waals surface area contributed by atoms with Crippen LogP contribution >= 0.6 is 0 Å². The Kier molecular flexibility index (Phi) is 6.84. The molecular weight excluding hydrogens is 432 g/mol. The molecule has 1 aliphatic heterocycles. The van der Waals surface area contributed by atoms with Crippen molar-refractivity contribution >= 4 is 17.2 Å². The second-order valence-electron chi connectivity index (χ2n) is 8.62. The van der Waals surface area contributed by atoms with Gasteiger partial charge in [-0.15, -0.1) is 0 Å². The summed E-state index contributed by atoms with van der Waals surface area (Å²) >= 11 is 0. The highest BCUT2D eigenvalue weighted by Gasteiger charge is 2.24. The van der Waals surface area contributed by atoms with Crippen LogP contribution in [0.25, 0.3) is 22.3 Å². The Bertz CT molecular complexity index is 1220. The molecule has 1 aromatic carbocycles. The Morgan fingerprint density at radius 3 is 2.47 bits per heavy atom. The molecule has 0 amide bonds. The number of hydrogen-bond donors (Lipinski definition) is 0. The number of hydrogen-bond acceptors (Lipinski definition) is 6. The van der Waals surface area contributed by atoms with Crippen LogP contribution in [0.15, 0.2) is 43.1 Å². The first-order chi connectivity index (χ1) is 16.3. The van der Waals surface area contributed by atoms with Gasteiger partial charge >= 0.3 is 5.97 Å². The quantitative estimate of drug-likeness (QED) is 0.468. The molecule has 0 spiro atoms. The highest BCUT2D eigenvalue weighted by molar-refractivity contribution is 5.95. The molecule has 180 valence electrons. The maximum absolute atomic E-state index is 13.0. The molecule has 0 aliphatic carbocycles. The van der Waals surface area contributed by atoms with E-state index >= 15 is 0 Å². The lowest BCUT2D eigenvalue weighted by atomic mass is 10.0. The normalized spacial score (nSPS) is 13.9. The van der Waals surface area contributed by atoms with Crippen LogP contribution in [0.3, 0.4) is 0 Å². The number of ether oxygens (including phenoxy) is 4. The average Bonchev–Trinajstić information content (AvgIpc) is 3.26. The molecule has 0 bridgehead atoms. The minimum absolute atomic E-state index is 0.208. The van der Waals surface area contributed by atoms with E-state index in [1.165, 1.54) is 0 Å². The lowest BCUT2D eigenvalue weighted by Gasteiger charge is -2.31. The molecule has 0 N–H and O–H groups in total. The van der Waals surface area contributed by atoms with Gasteiger partial charge in [0, 0.05) is 42.0 Å². The van der Waals surface area contributed by atoms with Crippen LogP contribution in [0, 0.1) is 6.92 Å². The third-order valence-corrected chi connectivity index (χ3v) is 6.09. The molecule has 34 heavy (non-hydrogen) atoms. The smallest absolute Gasteiger partial charge is 0.338 e. The number of carbonyl (C=O) groups is 1. The van der Waals surface area contributed by atoms with Crippen LogP contribution in [0.1, 0.15) is 35.5 Å².